The molecule has 4 heteroatoms. The fourth-order valence-electron chi connectivity index (χ4n) is 1.78. The highest BCUT2D eigenvalue weighted by Crippen LogP contribution is 2.16. The van der Waals surface area contributed by atoms with E-state index in [1.165, 1.54) is 0 Å². The number of nitrogens with two attached hydrogens (primary N) is 1. The molecule has 106 valence electrons. The molecule has 0 saturated heterocycles. The van der Waals surface area contributed by atoms with Crippen LogP contribution < -0.4 is 10.5 Å². The van der Waals surface area contributed by atoms with Crippen molar-refractivity contribution in [3.8, 4) is 5.75 Å². The summed E-state index contributed by atoms with van der Waals surface area (Å²) in [4.78, 5) is 0. The summed E-state index contributed by atoms with van der Waals surface area (Å²) in [5.41, 5.74) is 7.62. The van der Waals surface area contributed by atoms with Gasteiger partial charge in [-0.3, -0.25) is 0 Å². The standard InChI is InChI=1S/C16H18ClNO2/c17-16-7-2-1-5-14(16)12-19-8-9-20-15-6-3-4-13(10-15)11-18/h1-7,10H,8-9,11-12,18H2. The number of hydrogen-bond donors (Lipinski definition) is 1. The molecule has 0 radical (unpaired) electrons. The summed E-state index contributed by atoms with van der Waals surface area (Å²) in [6.45, 7) is 2.02. The molecule has 0 bridgehead atoms. The van der Waals surface area contributed by atoms with E-state index in [2.05, 4.69) is 0 Å². The van der Waals surface area contributed by atoms with E-state index in [0.29, 0.717) is 26.4 Å². The summed E-state index contributed by atoms with van der Waals surface area (Å²) in [7, 11) is 0. The lowest BCUT2D eigenvalue weighted by molar-refractivity contribution is 0.0889. The normalized spacial score (nSPS) is 10.5. The SMILES string of the molecule is NCc1cccc(OCCOCc2ccccc2Cl)c1. The van der Waals surface area contributed by atoms with Gasteiger partial charge in [-0.2, -0.15) is 0 Å². The van der Waals surface area contributed by atoms with Gasteiger partial charge in [0, 0.05) is 11.6 Å². The van der Waals surface area contributed by atoms with Gasteiger partial charge in [0.2, 0.25) is 0 Å². The molecule has 0 fully saturated rings. The van der Waals surface area contributed by atoms with Crippen LogP contribution in [0.4, 0.5) is 0 Å². The summed E-state index contributed by atoms with van der Waals surface area (Å²) in [6, 6.07) is 15.4. The third-order valence-corrected chi connectivity index (χ3v) is 3.21. The second-order valence-electron chi connectivity index (χ2n) is 4.34. The lowest BCUT2D eigenvalue weighted by Crippen LogP contribution is -2.07. The second-order valence-corrected chi connectivity index (χ2v) is 4.75. The average molecular weight is 292 g/mol. The van der Waals surface area contributed by atoms with Gasteiger partial charge >= 0.3 is 0 Å². The maximum Gasteiger partial charge on any atom is 0.119 e. The van der Waals surface area contributed by atoms with Crippen LogP contribution in [0.15, 0.2) is 48.5 Å². The number of ether oxygens (including phenoxy) is 2. The molecule has 3 nitrogen and oxygen atoms in total. The quantitative estimate of drug-likeness (QED) is 0.795. The molecule has 0 aromatic heterocycles. The van der Waals surface area contributed by atoms with Crippen molar-refractivity contribution in [2.24, 2.45) is 5.73 Å². The Morgan fingerprint density at radius 2 is 1.85 bits per heavy atom. The molecule has 2 rings (SSSR count). The fourth-order valence-corrected chi connectivity index (χ4v) is 1.97. The van der Waals surface area contributed by atoms with Gasteiger partial charge in [-0.25, -0.2) is 0 Å². The van der Waals surface area contributed by atoms with Gasteiger partial charge in [-0.05, 0) is 29.3 Å². The first-order valence-corrected chi connectivity index (χ1v) is 6.90. The Morgan fingerprint density at radius 3 is 2.65 bits per heavy atom. The van der Waals surface area contributed by atoms with Gasteiger partial charge in [-0.15, -0.1) is 0 Å². The predicted molar refractivity (Wildman–Crippen MR) is 80.9 cm³/mol. The van der Waals surface area contributed by atoms with Crippen LogP contribution in [0, 0.1) is 0 Å². The predicted octanol–water partition coefficient (Wildman–Crippen LogP) is 3.39. The lowest BCUT2D eigenvalue weighted by atomic mass is 10.2. The van der Waals surface area contributed by atoms with Gasteiger partial charge in [0.05, 0.1) is 13.2 Å². The van der Waals surface area contributed by atoms with Gasteiger partial charge < -0.3 is 15.2 Å². The molecule has 20 heavy (non-hydrogen) atoms. The molecule has 0 saturated carbocycles. The first-order valence-electron chi connectivity index (χ1n) is 6.52. The van der Waals surface area contributed by atoms with Crippen LogP contribution in [-0.4, -0.2) is 13.2 Å². The van der Waals surface area contributed by atoms with Gasteiger partial charge in [0.1, 0.15) is 12.4 Å². The van der Waals surface area contributed by atoms with E-state index >= 15 is 0 Å². The minimum atomic E-state index is 0.492. The van der Waals surface area contributed by atoms with Crippen molar-refractivity contribution in [3.63, 3.8) is 0 Å². The largest absolute Gasteiger partial charge is 0.491 e. The van der Waals surface area contributed by atoms with Crippen LogP contribution in [0.2, 0.25) is 5.02 Å². The van der Waals surface area contributed by atoms with E-state index in [-0.39, 0.29) is 0 Å². The van der Waals surface area contributed by atoms with Crippen molar-refractivity contribution in [1.29, 1.82) is 0 Å². The van der Waals surface area contributed by atoms with E-state index < -0.39 is 0 Å². The molecule has 0 amide bonds. The topological polar surface area (TPSA) is 44.5 Å². The first-order chi connectivity index (χ1) is 9.79. The molecule has 0 unspecified atom stereocenters. The average Bonchev–Trinajstić information content (AvgIpc) is 2.49. The van der Waals surface area contributed by atoms with Crippen molar-refractivity contribution < 1.29 is 9.47 Å². The second kappa shape index (κ2) is 7.90. The lowest BCUT2D eigenvalue weighted by Gasteiger charge is -2.09. The fraction of sp³-hybridized carbons (Fsp3) is 0.250. The highest BCUT2D eigenvalue weighted by molar-refractivity contribution is 6.31. The molecule has 2 aromatic carbocycles. The Labute approximate surface area is 124 Å². The van der Waals surface area contributed by atoms with Crippen molar-refractivity contribution in [2.75, 3.05) is 13.2 Å². The highest BCUT2D eigenvalue weighted by atomic mass is 35.5. The molecule has 0 aliphatic rings. The van der Waals surface area contributed by atoms with Gasteiger partial charge in [0.25, 0.3) is 0 Å². The van der Waals surface area contributed by atoms with Crippen molar-refractivity contribution >= 4 is 11.6 Å². The van der Waals surface area contributed by atoms with Crippen LogP contribution in [0.5, 0.6) is 5.75 Å². The maximum absolute atomic E-state index is 6.04. The van der Waals surface area contributed by atoms with Crippen LogP contribution in [0.1, 0.15) is 11.1 Å². The van der Waals surface area contributed by atoms with Crippen LogP contribution in [0.3, 0.4) is 0 Å². The van der Waals surface area contributed by atoms with Crippen molar-refractivity contribution in [1.82, 2.24) is 0 Å². The van der Waals surface area contributed by atoms with Crippen LogP contribution >= 0.6 is 11.6 Å². The van der Waals surface area contributed by atoms with Crippen LogP contribution in [0.25, 0.3) is 0 Å². The Morgan fingerprint density at radius 1 is 1.00 bits per heavy atom. The van der Waals surface area contributed by atoms with E-state index in [0.717, 1.165) is 21.9 Å². The van der Waals surface area contributed by atoms with Gasteiger partial charge in [0.15, 0.2) is 0 Å². The van der Waals surface area contributed by atoms with Crippen molar-refractivity contribution in [3.05, 3.63) is 64.7 Å². The van der Waals surface area contributed by atoms with E-state index in [9.17, 15) is 0 Å². The third-order valence-electron chi connectivity index (χ3n) is 2.85. The Kier molecular flexibility index (Phi) is 5.87. The Bertz CT molecular complexity index is 546. The van der Waals surface area contributed by atoms with E-state index in [4.69, 9.17) is 26.8 Å². The third kappa shape index (κ3) is 4.53. The number of rotatable bonds is 7. The zero-order valence-electron chi connectivity index (χ0n) is 11.2. The van der Waals surface area contributed by atoms with Gasteiger partial charge in [-0.1, -0.05) is 41.9 Å². The first kappa shape index (κ1) is 14.9. The summed E-state index contributed by atoms with van der Waals surface area (Å²) < 4.78 is 11.1. The van der Waals surface area contributed by atoms with E-state index in [1.807, 2.05) is 48.5 Å². The molecule has 0 aliphatic carbocycles. The number of hydrogen-bond acceptors (Lipinski definition) is 3. The molecule has 0 atom stereocenters. The number of benzene rings is 2. The summed E-state index contributed by atoms with van der Waals surface area (Å²) in [5, 5.41) is 0.726. The molecule has 2 N–H and O–H groups in total. The zero-order valence-corrected chi connectivity index (χ0v) is 12.0. The molecule has 0 spiro atoms. The maximum atomic E-state index is 6.04. The molecule has 0 heterocycles. The Balaban J connectivity index is 1.70. The minimum absolute atomic E-state index is 0.492. The number of halogens is 1. The highest BCUT2D eigenvalue weighted by Gasteiger charge is 1.99. The zero-order chi connectivity index (χ0) is 14.2. The Hall–Kier alpha value is -1.55. The molecule has 0 aliphatic heterocycles. The van der Waals surface area contributed by atoms with E-state index in [1.54, 1.807) is 0 Å². The van der Waals surface area contributed by atoms with Crippen molar-refractivity contribution in [2.45, 2.75) is 13.2 Å². The summed E-state index contributed by atoms with van der Waals surface area (Å²) >= 11 is 6.04. The summed E-state index contributed by atoms with van der Waals surface area (Å²) in [6.07, 6.45) is 0. The molecular formula is C16H18ClNO2. The van der Waals surface area contributed by atoms with Crippen LogP contribution in [-0.2, 0) is 17.9 Å². The smallest absolute Gasteiger partial charge is 0.119 e. The molecular weight excluding hydrogens is 274 g/mol. The monoisotopic (exact) mass is 291 g/mol. The summed E-state index contributed by atoms with van der Waals surface area (Å²) in [5.74, 6) is 0.814. The minimum Gasteiger partial charge on any atom is -0.491 e. The molecule has 2 aromatic rings.